The van der Waals surface area contributed by atoms with Gasteiger partial charge in [-0.1, -0.05) is 228 Å². The summed E-state index contributed by atoms with van der Waals surface area (Å²) in [6.45, 7) is 8.20. The fourth-order valence-corrected chi connectivity index (χ4v) is 10.3. The molecule has 0 fully saturated rings. The van der Waals surface area contributed by atoms with Crippen LogP contribution in [0.5, 0.6) is 0 Å². The third kappa shape index (κ3) is 36.4. The molecule has 5 heteroatoms. The Morgan fingerprint density at radius 3 is 0.617 bits per heavy atom. The van der Waals surface area contributed by atoms with Gasteiger partial charge in [0.2, 0.25) is 0 Å². The average Bonchev–Trinajstić information content (AvgIpc) is 3.07. The van der Waals surface area contributed by atoms with E-state index in [1.807, 2.05) is 20.8 Å². The zero-order valence-electron chi connectivity index (χ0n) is 32.7. The van der Waals surface area contributed by atoms with Gasteiger partial charge in [-0.2, -0.15) is 0 Å². The van der Waals surface area contributed by atoms with Gasteiger partial charge in [0.1, 0.15) is 0 Å². The number of halogens is 1. The van der Waals surface area contributed by atoms with E-state index >= 15 is 0 Å². The zero-order chi connectivity index (χ0) is 34.2. The zero-order valence-corrected chi connectivity index (χ0v) is 35.8. The lowest BCUT2D eigenvalue weighted by molar-refractivity contribution is 0.0706. The summed E-state index contributed by atoms with van der Waals surface area (Å²) in [6, 6.07) is 0.974. The van der Waals surface area contributed by atoms with Gasteiger partial charge in [-0.05, 0) is 38.0 Å². The van der Waals surface area contributed by atoms with Crippen molar-refractivity contribution >= 4 is 31.4 Å². The van der Waals surface area contributed by atoms with Crippen molar-refractivity contribution in [1.29, 1.82) is 0 Å². The van der Waals surface area contributed by atoms with Crippen molar-refractivity contribution in [2.45, 2.75) is 245 Å². The second-order valence-corrected chi connectivity index (χ2v) is 18.3. The first-order chi connectivity index (χ1) is 23.2. The number of rotatable bonds is 42. The van der Waals surface area contributed by atoms with Crippen LogP contribution in [0.25, 0.3) is 0 Å². The maximum atomic E-state index is 5.98. The highest BCUT2D eigenvalue weighted by Gasteiger charge is 2.39. The molecule has 0 heterocycles. The molecule has 0 atom stereocenters. The van der Waals surface area contributed by atoms with Crippen LogP contribution in [0.2, 0.25) is 6.04 Å². The Hall–Kier alpha value is 0.827. The molecule has 47 heavy (non-hydrogen) atoms. The highest BCUT2D eigenvalue weighted by Crippen LogP contribution is 2.21. The molecular formula is C42H87IO3Si. The molecule has 0 rings (SSSR count). The molecule has 0 unspecified atom stereocenters. The Morgan fingerprint density at radius 1 is 0.277 bits per heavy atom. The Bertz CT molecular complexity index is 547. The van der Waals surface area contributed by atoms with E-state index in [2.05, 4.69) is 22.6 Å². The van der Waals surface area contributed by atoms with Gasteiger partial charge in [-0.3, -0.25) is 0 Å². The summed E-state index contributed by atoms with van der Waals surface area (Å²) in [6.07, 6.45) is 49.3. The molecule has 284 valence electrons. The molecule has 0 aliphatic rings. The lowest BCUT2D eigenvalue weighted by Gasteiger charge is -2.28. The van der Waals surface area contributed by atoms with Gasteiger partial charge >= 0.3 is 8.80 Å². The Kier molecular flexibility index (Phi) is 42.0. The first-order valence-corrected chi connectivity index (χ1v) is 25.2. The minimum Gasteiger partial charge on any atom is -0.374 e. The summed E-state index contributed by atoms with van der Waals surface area (Å²) in [7, 11) is -2.42. The molecule has 0 N–H and O–H groups in total. The van der Waals surface area contributed by atoms with Crippen molar-refractivity contribution in [3.8, 4) is 0 Å². The number of alkyl halides is 1. The van der Waals surface area contributed by atoms with Gasteiger partial charge in [0.05, 0.1) is 0 Å². The van der Waals surface area contributed by atoms with E-state index in [-0.39, 0.29) is 0 Å². The van der Waals surface area contributed by atoms with E-state index in [1.54, 1.807) is 0 Å². The third-order valence-corrected chi connectivity index (χ3v) is 13.9. The summed E-state index contributed by atoms with van der Waals surface area (Å²) >= 11 is 2.50. The molecular weight excluding hydrogens is 707 g/mol. The Balaban J connectivity index is 3.21. The second kappa shape index (κ2) is 41.2. The Labute approximate surface area is 312 Å². The molecule has 0 aromatic rings. The van der Waals surface area contributed by atoms with Gasteiger partial charge in [-0.15, -0.1) is 0 Å². The van der Waals surface area contributed by atoms with Crippen LogP contribution in [-0.4, -0.2) is 33.1 Å². The predicted molar refractivity (Wildman–Crippen MR) is 221 cm³/mol. The van der Waals surface area contributed by atoms with Gasteiger partial charge in [0.25, 0.3) is 0 Å². The van der Waals surface area contributed by atoms with Crippen LogP contribution in [0.3, 0.4) is 0 Å². The number of unbranched alkanes of at least 4 members (excludes halogenated alkanes) is 33. The molecule has 0 radical (unpaired) electrons. The van der Waals surface area contributed by atoms with Crippen LogP contribution in [0.4, 0.5) is 0 Å². The molecule has 0 bridgehead atoms. The fraction of sp³-hybridized carbons (Fsp3) is 1.00. The number of hydrogen-bond acceptors (Lipinski definition) is 3. The molecule has 0 aromatic heterocycles. The van der Waals surface area contributed by atoms with Crippen molar-refractivity contribution in [2.75, 3.05) is 24.2 Å². The summed E-state index contributed by atoms with van der Waals surface area (Å²) in [5.41, 5.74) is 0. The van der Waals surface area contributed by atoms with E-state index < -0.39 is 8.80 Å². The van der Waals surface area contributed by atoms with Crippen LogP contribution >= 0.6 is 22.6 Å². The maximum Gasteiger partial charge on any atom is 0.500 e. The lowest BCUT2D eigenvalue weighted by atomic mass is 10.0. The largest absolute Gasteiger partial charge is 0.500 e. The quantitative estimate of drug-likeness (QED) is 0.0267. The number of hydrogen-bond donors (Lipinski definition) is 0. The van der Waals surface area contributed by atoms with Gasteiger partial charge in [0.15, 0.2) is 0 Å². The average molecular weight is 795 g/mol. The topological polar surface area (TPSA) is 27.7 Å². The molecule has 0 aliphatic carbocycles. The van der Waals surface area contributed by atoms with E-state index in [0.717, 1.165) is 6.04 Å². The van der Waals surface area contributed by atoms with Crippen molar-refractivity contribution in [3.63, 3.8) is 0 Å². The first kappa shape index (κ1) is 47.8. The van der Waals surface area contributed by atoms with Crippen LogP contribution in [0.15, 0.2) is 0 Å². The summed E-state index contributed by atoms with van der Waals surface area (Å²) in [5.74, 6) is 0. The third-order valence-electron chi connectivity index (χ3n) is 9.96. The van der Waals surface area contributed by atoms with E-state index in [4.69, 9.17) is 13.3 Å². The summed E-state index contributed by atoms with van der Waals surface area (Å²) in [5, 5.41) is 0. The summed E-state index contributed by atoms with van der Waals surface area (Å²) in [4.78, 5) is 0. The SMILES string of the molecule is CCO[Si](CCCCCCCCCCCCCCCCCCCCCCCCCCCCCCCCCCCCI)(OCC)OCC. The van der Waals surface area contributed by atoms with Gasteiger partial charge in [0, 0.05) is 25.9 Å². The highest BCUT2D eigenvalue weighted by atomic mass is 127. The van der Waals surface area contributed by atoms with Crippen LogP contribution in [0, 0.1) is 0 Å². The molecule has 0 amide bonds. The molecule has 3 nitrogen and oxygen atoms in total. The van der Waals surface area contributed by atoms with E-state index in [1.165, 1.54) is 223 Å². The van der Waals surface area contributed by atoms with Crippen molar-refractivity contribution in [3.05, 3.63) is 0 Å². The van der Waals surface area contributed by atoms with E-state index in [9.17, 15) is 0 Å². The second-order valence-electron chi connectivity index (χ2n) is 14.4. The Morgan fingerprint density at radius 2 is 0.447 bits per heavy atom. The van der Waals surface area contributed by atoms with Crippen molar-refractivity contribution < 1.29 is 13.3 Å². The van der Waals surface area contributed by atoms with Crippen molar-refractivity contribution in [1.82, 2.24) is 0 Å². The molecule has 0 saturated carbocycles. The monoisotopic (exact) mass is 795 g/mol. The van der Waals surface area contributed by atoms with E-state index in [0.29, 0.717) is 19.8 Å². The maximum absolute atomic E-state index is 5.98. The predicted octanol–water partition coefficient (Wildman–Crippen LogP) is 15.7. The minimum atomic E-state index is -2.42. The first-order valence-electron chi connectivity index (χ1n) is 21.7. The van der Waals surface area contributed by atoms with Crippen LogP contribution in [0.1, 0.15) is 239 Å². The standard InChI is InChI=1S/C42H87IO3Si/c1-4-44-47(45-5-2,46-6-3)42-40-38-36-34-32-30-28-26-24-22-20-18-16-14-12-10-8-7-9-11-13-15-17-19-21-23-25-27-29-31-33-35-37-39-41-43/h4-42H2,1-3H3. The smallest absolute Gasteiger partial charge is 0.374 e. The van der Waals surface area contributed by atoms with Crippen LogP contribution in [-0.2, 0) is 13.3 Å². The van der Waals surface area contributed by atoms with Crippen molar-refractivity contribution in [2.24, 2.45) is 0 Å². The van der Waals surface area contributed by atoms with Crippen LogP contribution < -0.4 is 0 Å². The normalized spacial score (nSPS) is 12.0. The minimum absolute atomic E-state index is 0.686. The van der Waals surface area contributed by atoms with Gasteiger partial charge < -0.3 is 13.3 Å². The van der Waals surface area contributed by atoms with Gasteiger partial charge in [-0.25, -0.2) is 0 Å². The molecule has 0 aromatic carbocycles. The molecule has 0 saturated heterocycles. The summed E-state index contributed by atoms with van der Waals surface area (Å²) < 4.78 is 19.3. The highest BCUT2D eigenvalue weighted by molar-refractivity contribution is 14.1. The lowest BCUT2D eigenvalue weighted by Crippen LogP contribution is -2.45. The fourth-order valence-electron chi connectivity index (χ4n) is 7.09. The molecule has 0 spiro atoms. The molecule has 0 aliphatic heterocycles.